The Morgan fingerprint density at radius 3 is 2.50 bits per heavy atom. The smallest absolute Gasteiger partial charge is 0.328 e. The molecule has 2 atom stereocenters. The summed E-state index contributed by atoms with van der Waals surface area (Å²) in [4.78, 5) is 25.6. The molecule has 0 saturated carbocycles. The van der Waals surface area contributed by atoms with E-state index in [4.69, 9.17) is 9.84 Å². The third kappa shape index (κ3) is 3.53. The van der Waals surface area contributed by atoms with Gasteiger partial charge < -0.3 is 14.7 Å². The lowest BCUT2D eigenvalue weighted by Gasteiger charge is -2.32. The highest BCUT2D eigenvalue weighted by Gasteiger charge is 2.33. The molecule has 1 N–H and O–H groups in total. The number of hydrogen-bond acceptors (Lipinski definition) is 4. The van der Waals surface area contributed by atoms with E-state index in [1.54, 1.807) is 24.3 Å². The molecule has 120 valence electrons. The maximum absolute atomic E-state index is 12.5. The normalized spacial score (nSPS) is 20.0. The molecule has 2 rings (SSSR count). The van der Waals surface area contributed by atoms with Gasteiger partial charge in [0.25, 0.3) is 5.91 Å². The number of morpholine rings is 1. The van der Waals surface area contributed by atoms with Crippen molar-refractivity contribution in [2.24, 2.45) is 0 Å². The molecule has 1 amide bonds. The topological polar surface area (TPSA) is 83.9 Å². The Hall–Kier alpha value is -1.73. The number of carboxylic acid groups (broad SMARTS) is 1. The zero-order valence-corrected chi connectivity index (χ0v) is 13.3. The van der Waals surface area contributed by atoms with Gasteiger partial charge in [0.05, 0.1) is 24.0 Å². The molecule has 1 fully saturated rings. The highest BCUT2D eigenvalue weighted by atomic mass is 32.2. The lowest BCUT2D eigenvalue weighted by Crippen LogP contribution is -2.52. The van der Waals surface area contributed by atoms with Gasteiger partial charge in [-0.25, -0.2) is 4.79 Å². The summed E-state index contributed by atoms with van der Waals surface area (Å²) in [7, 11) is -1.11. The van der Waals surface area contributed by atoms with Gasteiger partial charge in [-0.1, -0.05) is 13.8 Å². The minimum Gasteiger partial charge on any atom is -0.480 e. The highest BCUT2D eigenvalue weighted by molar-refractivity contribution is 7.85. The van der Waals surface area contributed by atoms with Crippen LogP contribution in [-0.4, -0.2) is 57.1 Å². The van der Waals surface area contributed by atoms with E-state index in [1.807, 2.05) is 13.8 Å². The van der Waals surface area contributed by atoms with Crippen LogP contribution >= 0.6 is 0 Å². The Morgan fingerprint density at radius 2 is 1.95 bits per heavy atom. The van der Waals surface area contributed by atoms with Crippen molar-refractivity contribution in [3.05, 3.63) is 29.8 Å². The Kier molecular flexibility index (Phi) is 5.31. The van der Waals surface area contributed by atoms with E-state index in [1.165, 1.54) is 4.90 Å². The van der Waals surface area contributed by atoms with E-state index in [0.29, 0.717) is 17.1 Å². The lowest BCUT2D eigenvalue weighted by molar-refractivity contribution is -0.147. The first-order valence-electron chi connectivity index (χ1n) is 7.04. The van der Waals surface area contributed by atoms with Crippen molar-refractivity contribution < 1.29 is 23.6 Å². The molecule has 0 bridgehead atoms. The number of carbonyl (C=O) groups is 2. The van der Waals surface area contributed by atoms with Crippen LogP contribution in [0.25, 0.3) is 0 Å². The number of benzene rings is 1. The van der Waals surface area contributed by atoms with Gasteiger partial charge in [0.15, 0.2) is 6.04 Å². The van der Waals surface area contributed by atoms with Gasteiger partial charge in [0.1, 0.15) is 0 Å². The van der Waals surface area contributed by atoms with E-state index in [0.717, 1.165) is 0 Å². The fourth-order valence-electron chi connectivity index (χ4n) is 2.22. The monoisotopic (exact) mass is 325 g/mol. The summed E-state index contributed by atoms with van der Waals surface area (Å²) in [5.41, 5.74) is 0.387. The van der Waals surface area contributed by atoms with Gasteiger partial charge in [-0.05, 0) is 24.3 Å². The quantitative estimate of drug-likeness (QED) is 0.897. The van der Waals surface area contributed by atoms with Crippen LogP contribution in [0, 0.1) is 0 Å². The van der Waals surface area contributed by atoms with Gasteiger partial charge in [-0.3, -0.25) is 9.00 Å². The summed E-state index contributed by atoms with van der Waals surface area (Å²) < 4.78 is 17.1. The van der Waals surface area contributed by atoms with Crippen molar-refractivity contribution in [2.45, 2.75) is 30.0 Å². The summed E-state index contributed by atoms with van der Waals surface area (Å²) in [6, 6.07) is 5.52. The number of nitrogens with zero attached hydrogens (tertiary/aromatic N) is 1. The van der Waals surface area contributed by atoms with Crippen LogP contribution in [0.5, 0.6) is 0 Å². The minimum atomic E-state index is -1.11. The van der Waals surface area contributed by atoms with E-state index < -0.39 is 22.8 Å². The van der Waals surface area contributed by atoms with Gasteiger partial charge in [0, 0.05) is 22.3 Å². The molecule has 0 spiro atoms. The van der Waals surface area contributed by atoms with E-state index >= 15 is 0 Å². The fourth-order valence-corrected chi connectivity index (χ4v) is 3.17. The Bertz CT molecular complexity index is 584. The third-order valence-electron chi connectivity index (χ3n) is 3.44. The zero-order chi connectivity index (χ0) is 16.3. The van der Waals surface area contributed by atoms with Gasteiger partial charge >= 0.3 is 5.97 Å². The largest absolute Gasteiger partial charge is 0.480 e. The summed E-state index contributed by atoms with van der Waals surface area (Å²) >= 11 is 0. The van der Waals surface area contributed by atoms with Crippen molar-refractivity contribution in [2.75, 3.05) is 19.8 Å². The second-order valence-corrected chi connectivity index (χ2v) is 7.31. The number of carboxylic acids is 1. The van der Waals surface area contributed by atoms with E-state index in [-0.39, 0.29) is 24.3 Å². The Balaban J connectivity index is 2.18. The Labute approximate surface area is 131 Å². The number of aliphatic carboxylic acids is 1. The maximum atomic E-state index is 12.5. The zero-order valence-electron chi connectivity index (χ0n) is 12.5. The van der Waals surface area contributed by atoms with Crippen LogP contribution in [0.3, 0.4) is 0 Å². The molecular formula is C15H19NO5S. The molecule has 1 aliphatic rings. The van der Waals surface area contributed by atoms with Crippen LogP contribution in [-0.2, 0) is 20.3 Å². The molecule has 22 heavy (non-hydrogen) atoms. The van der Waals surface area contributed by atoms with Crippen LogP contribution in [0.2, 0.25) is 0 Å². The van der Waals surface area contributed by atoms with Crippen molar-refractivity contribution in [3.63, 3.8) is 0 Å². The summed E-state index contributed by atoms with van der Waals surface area (Å²) in [6.45, 7) is 4.29. The molecule has 6 nitrogen and oxygen atoms in total. The van der Waals surface area contributed by atoms with E-state index in [9.17, 15) is 13.8 Å². The SMILES string of the molecule is CC(C)[S@](=O)c1ccc(C(=O)N2CCOC[C@@H]2C(=O)O)cc1. The second kappa shape index (κ2) is 7.02. The van der Waals surface area contributed by atoms with Crippen molar-refractivity contribution >= 4 is 22.7 Å². The summed E-state index contributed by atoms with van der Waals surface area (Å²) in [6.07, 6.45) is 0. The number of rotatable bonds is 4. The van der Waals surface area contributed by atoms with Gasteiger partial charge in [0.2, 0.25) is 0 Å². The number of hydrogen-bond donors (Lipinski definition) is 1. The fraction of sp³-hybridized carbons (Fsp3) is 0.467. The number of carbonyl (C=O) groups excluding carboxylic acids is 1. The number of amides is 1. The van der Waals surface area contributed by atoms with Crippen LogP contribution in [0.15, 0.2) is 29.2 Å². The predicted octanol–water partition coefficient (Wildman–Crippen LogP) is 1.13. The van der Waals surface area contributed by atoms with Gasteiger partial charge in [-0.2, -0.15) is 0 Å². The lowest BCUT2D eigenvalue weighted by atomic mass is 10.1. The Morgan fingerprint density at radius 1 is 1.32 bits per heavy atom. The maximum Gasteiger partial charge on any atom is 0.328 e. The summed E-state index contributed by atoms with van der Waals surface area (Å²) in [5.74, 6) is -1.43. The molecule has 0 unspecified atom stereocenters. The second-order valence-electron chi connectivity index (χ2n) is 5.30. The first-order valence-corrected chi connectivity index (χ1v) is 8.25. The van der Waals surface area contributed by atoms with Crippen molar-refractivity contribution in [1.82, 2.24) is 4.90 Å². The van der Waals surface area contributed by atoms with Crippen LogP contribution < -0.4 is 0 Å². The molecular weight excluding hydrogens is 306 g/mol. The molecule has 7 heteroatoms. The molecule has 0 aliphatic carbocycles. The van der Waals surface area contributed by atoms with E-state index in [2.05, 4.69) is 0 Å². The van der Waals surface area contributed by atoms with Crippen LogP contribution in [0.1, 0.15) is 24.2 Å². The molecule has 1 saturated heterocycles. The molecule has 1 heterocycles. The third-order valence-corrected chi connectivity index (χ3v) is 5.03. The van der Waals surface area contributed by atoms with Crippen molar-refractivity contribution in [1.29, 1.82) is 0 Å². The summed E-state index contributed by atoms with van der Waals surface area (Å²) in [5, 5.41) is 9.17. The molecule has 0 radical (unpaired) electrons. The first-order chi connectivity index (χ1) is 10.4. The molecule has 1 aliphatic heterocycles. The molecule has 1 aromatic rings. The standard InChI is InChI=1S/C15H19NO5S/c1-10(2)22(20)12-5-3-11(4-6-12)14(17)16-7-8-21-9-13(16)15(18)19/h3-6,10,13H,7-9H2,1-2H3,(H,18,19)/t13-,22+/m1/s1. The van der Waals surface area contributed by atoms with Crippen molar-refractivity contribution in [3.8, 4) is 0 Å². The average molecular weight is 325 g/mol. The first kappa shape index (κ1) is 16.6. The highest BCUT2D eigenvalue weighted by Crippen LogP contribution is 2.16. The minimum absolute atomic E-state index is 0.00261. The average Bonchev–Trinajstić information content (AvgIpc) is 2.53. The molecule has 1 aromatic carbocycles. The molecule has 0 aromatic heterocycles. The van der Waals surface area contributed by atoms with Gasteiger partial charge in [-0.15, -0.1) is 0 Å². The predicted molar refractivity (Wildman–Crippen MR) is 81.3 cm³/mol. The van der Waals surface area contributed by atoms with Crippen LogP contribution in [0.4, 0.5) is 0 Å². The number of ether oxygens (including phenoxy) is 1.